The van der Waals surface area contributed by atoms with Gasteiger partial charge in [0.25, 0.3) is 5.92 Å². The van der Waals surface area contributed by atoms with E-state index in [1.807, 2.05) is 0 Å². The first kappa shape index (κ1) is 14.7. The molecule has 0 heterocycles. The van der Waals surface area contributed by atoms with E-state index in [1.165, 1.54) is 14.0 Å². The Morgan fingerprint density at radius 2 is 2.07 bits per heavy atom. The quantitative estimate of drug-likeness (QED) is 0.636. The van der Waals surface area contributed by atoms with E-state index in [0.717, 1.165) is 0 Å². The Balaban J connectivity index is 4.28. The minimum atomic E-state index is -3.78. The highest BCUT2D eigenvalue weighted by Gasteiger charge is 2.30. The van der Waals surface area contributed by atoms with Gasteiger partial charge in [-0.15, -0.1) is 0 Å². The molecule has 0 spiro atoms. The van der Waals surface area contributed by atoms with Gasteiger partial charge in [-0.05, 0) is 6.92 Å². The Kier molecular flexibility index (Phi) is 5.57. The summed E-state index contributed by atoms with van der Waals surface area (Å²) in [6.45, 7) is -0.565. The number of alkyl halides is 2. The Labute approximate surface area is 88.0 Å². The monoisotopic (exact) mass is 246 g/mol. The van der Waals surface area contributed by atoms with Crippen molar-refractivity contribution >= 4 is 10.0 Å². The summed E-state index contributed by atoms with van der Waals surface area (Å²) >= 11 is 0. The highest BCUT2D eigenvalue weighted by atomic mass is 32.2. The standard InChI is InChI=1S/C7H16F2N2O3S/c1-6(3-14-2)15(12,13)11-5-7(8,9)4-10/h6,11H,3-5,10H2,1-2H3. The molecule has 0 aromatic carbocycles. The summed E-state index contributed by atoms with van der Waals surface area (Å²) in [6.07, 6.45) is 0. The molecule has 0 saturated heterocycles. The summed E-state index contributed by atoms with van der Waals surface area (Å²) in [6, 6.07) is 0. The minimum Gasteiger partial charge on any atom is -0.383 e. The van der Waals surface area contributed by atoms with Crippen molar-refractivity contribution in [1.29, 1.82) is 0 Å². The van der Waals surface area contributed by atoms with Gasteiger partial charge in [0.1, 0.15) is 0 Å². The Hall–Kier alpha value is -0.310. The summed E-state index contributed by atoms with van der Waals surface area (Å²) in [7, 11) is -2.44. The van der Waals surface area contributed by atoms with Crippen molar-refractivity contribution < 1.29 is 21.9 Å². The van der Waals surface area contributed by atoms with Crippen molar-refractivity contribution in [2.75, 3.05) is 26.8 Å². The predicted octanol–water partition coefficient (Wildman–Crippen LogP) is -0.465. The lowest BCUT2D eigenvalue weighted by Crippen LogP contribution is -2.44. The molecule has 1 atom stereocenters. The van der Waals surface area contributed by atoms with Crippen LogP contribution in [0.4, 0.5) is 8.78 Å². The summed E-state index contributed by atoms with van der Waals surface area (Å²) in [4.78, 5) is 0. The van der Waals surface area contributed by atoms with E-state index in [2.05, 4.69) is 4.74 Å². The number of sulfonamides is 1. The normalized spacial score (nSPS) is 15.3. The van der Waals surface area contributed by atoms with Crippen LogP contribution in [0, 0.1) is 0 Å². The van der Waals surface area contributed by atoms with Gasteiger partial charge in [-0.1, -0.05) is 0 Å². The van der Waals surface area contributed by atoms with E-state index in [4.69, 9.17) is 5.73 Å². The molecule has 15 heavy (non-hydrogen) atoms. The lowest BCUT2D eigenvalue weighted by atomic mass is 10.3. The Morgan fingerprint density at radius 3 is 2.47 bits per heavy atom. The summed E-state index contributed by atoms with van der Waals surface area (Å²) in [5.74, 6) is -3.22. The fourth-order valence-electron chi connectivity index (χ4n) is 0.745. The molecular formula is C7H16F2N2O3S. The second-order valence-corrected chi connectivity index (χ2v) is 5.38. The van der Waals surface area contributed by atoms with Gasteiger partial charge in [-0.25, -0.2) is 21.9 Å². The maximum absolute atomic E-state index is 12.6. The highest BCUT2D eigenvalue weighted by molar-refractivity contribution is 7.90. The molecule has 1 unspecified atom stereocenters. The Morgan fingerprint density at radius 1 is 1.53 bits per heavy atom. The van der Waals surface area contributed by atoms with Crippen molar-refractivity contribution in [1.82, 2.24) is 4.72 Å². The number of hydrogen-bond acceptors (Lipinski definition) is 4. The van der Waals surface area contributed by atoms with Crippen LogP contribution in [0.5, 0.6) is 0 Å². The van der Waals surface area contributed by atoms with Crippen molar-refractivity contribution in [2.24, 2.45) is 5.73 Å². The van der Waals surface area contributed by atoms with Crippen LogP contribution in [0.15, 0.2) is 0 Å². The molecule has 0 fully saturated rings. The van der Waals surface area contributed by atoms with Gasteiger partial charge < -0.3 is 10.5 Å². The molecule has 8 heteroatoms. The van der Waals surface area contributed by atoms with Crippen LogP contribution < -0.4 is 10.5 Å². The van der Waals surface area contributed by atoms with Gasteiger partial charge in [0.2, 0.25) is 10.0 Å². The van der Waals surface area contributed by atoms with Gasteiger partial charge in [-0.3, -0.25) is 0 Å². The maximum Gasteiger partial charge on any atom is 0.273 e. The second kappa shape index (κ2) is 5.69. The van der Waals surface area contributed by atoms with Crippen molar-refractivity contribution in [2.45, 2.75) is 18.1 Å². The zero-order valence-electron chi connectivity index (χ0n) is 8.66. The summed E-state index contributed by atoms with van der Waals surface area (Å²) < 4.78 is 54.3. The number of hydrogen-bond donors (Lipinski definition) is 2. The average molecular weight is 246 g/mol. The first-order valence-corrected chi connectivity index (χ1v) is 5.85. The van der Waals surface area contributed by atoms with E-state index < -0.39 is 34.3 Å². The topological polar surface area (TPSA) is 81.4 Å². The molecule has 0 aromatic heterocycles. The molecule has 5 nitrogen and oxygen atoms in total. The van der Waals surface area contributed by atoms with Gasteiger partial charge in [0.05, 0.1) is 24.9 Å². The molecule has 0 rings (SSSR count). The summed E-state index contributed by atoms with van der Waals surface area (Å²) in [5.41, 5.74) is 4.76. The van der Waals surface area contributed by atoms with Gasteiger partial charge >= 0.3 is 0 Å². The number of methoxy groups -OCH3 is 1. The third-order valence-corrected chi connectivity index (χ3v) is 3.50. The van der Waals surface area contributed by atoms with E-state index in [1.54, 1.807) is 4.72 Å². The molecule has 0 radical (unpaired) electrons. The van der Waals surface area contributed by atoms with Gasteiger partial charge in [0.15, 0.2) is 0 Å². The van der Waals surface area contributed by atoms with Crippen molar-refractivity contribution in [3.63, 3.8) is 0 Å². The molecule has 0 amide bonds. The van der Waals surface area contributed by atoms with E-state index in [9.17, 15) is 17.2 Å². The number of nitrogens with one attached hydrogen (secondary N) is 1. The van der Waals surface area contributed by atoms with Crippen LogP contribution >= 0.6 is 0 Å². The average Bonchev–Trinajstić information content (AvgIpc) is 2.16. The van der Waals surface area contributed by atoms with Crippen LogP contribution in [0.2, 0.25) is 0 Å². The molecule has 92 valence electrons. The lowest BCUT2D eigenvalue weighted by Gasteiger charge is -2.17. The predicted molar refractivity (Wildman–Crippen MR) is 52.3 cm³/mol. The fourth-order valence-corrected chi connectivity index (χ4v) is 1.76. The first-order chi connectivity index (χ1) is 6.75. The van der Waals surface area contributed by atoms with E-state index >= 15 is 0 Å². The molecule has 0 aliphatic carbocycles. The van der Waals surface area contributed by atoms with Crippen LogP contribution in [0.25, 0.3) is 0 Å². The molecule has 0 aliphatic rings. The first-order valence-electron chi connectivity index (χ1n) is 4.30. The molecule has 0 aliphatic heterocycles. The number of ether oxygens (including phenoxy) is 1. The number of rotatable bonds is 7. The van der Waals surface area contributed by atoms with Crippen LogP contribution in [0.1, 0.15) is 6.92 Å². The van der Waals surface area contributed by atoms with Crippen molar-refractivity contribution in [3.05, 3.63) is 0 Å². The minimum absolute atomic E-state index is 0.0521. The maximum atomic E-state index is 12.6. The summed E-state index contributed by atoms with van der Waals surface area (Å²) in [5, 5.41) is -0.879. The SMILES string of the molecule is COCC(C)S(=O)(=O)NCC(F)(F)CN. The molecule has 3 N–H and O–H groups in total. The van der Waals surface area contributed by atoms with Crippen LogP contribution in [-0.4, -0.2) is 46.4 Å². The molecule has 0 saturated carbocycles. The number of halogens is 2. The third-order valence-electron chi connectivity index (χ3n) is 1.76. The molecular weight excluding hydrogens is 230 g/mol. The van der Waals surface area contributed by atoms with Crippen molar-refractivity contribution in [3.8, 4) is 0 Å². The smallest absolute Gasteiger partial charge is 0.273 e. The van der Waals surface area contributed by atoms with Crippen LogP contribution in [-0.2, 0) is 14.8 Å². The number of nitrogens with two attached hydrogens (primary N) is 1. The van der Waals surface area contributed by atoms with E-state index in [-0.39, 0.29) is 6.61 Å². The Bertz CT molecular complexity index is 282. The largest absolute Gasteiger partial charge is 0.383 e. The van der Waals surface area contributed by atoms with Gasteiger partial charge in [0, 0.05) is 7.11 Å². The second-order valence-electron chi connectivity index (χ2n) is 3.19. The fraction of sp³-hybridized carbons (Fsp3) is 1.00. The lowest BCUT2D eigenvalue weighted by molar-refractivity contribution is 0.0169. The zero-order chi connectivity index (χ0) is 12.1. The third kappa shape index (κ3) is 5.36. The molecule has 0 aromatic rings. The zero-order valence-corrected chi connectivity index (χ0v) is 9.48. The molecule has 0 bridgehead atoms. The van der Waals surface area contributed by atoms with Gasteiger partial charge in [-0.2, -0.15) is 0 Å². The highest BCUT2D eigenvalue weighted by Crippen LogP contribution is 2.10. The van der Waals surface area contributed by atoms with Crippen LogP contribution in [0.3, 0.4) is 0 Å². The van der Waals surface area contributed by atoms with E-state index in [0.29, 0.717) is 0 Å².